The van der Waals surface area contributed by atoms with Crippen molar-refractivity contribution in [3.63, 3.8) is 0 Å². The molecule has 1 saturated heterocycles. The summed E-state index contributed by atoms with van der Waals surface area (Å²) in [7, 11) is 0. The number of nitro benzene ring substituents is 1. The maximum Gasteiger partial charge on any atom is 0.289 e. The lowest BCUT2D eigenvalue weighted by Crippen LogP contribution is -2.38. The third-order valence-electron chi connectivity index (χ3n) is 4.38. The van der Waals surface area contributed by atoms with Crippen LogP contribution in [0.15, 0.2) is 18.2 Å². The van der Waals surface area contributed by atoms with E-state index in [9.17, 15) is 10.1 Å². The fraction of sp³-hybridized carbons (Fsp3) is 0.562. The van der Waals surface area contributed by atoms with Gasteiger partial charge in [0.2, 0.25) is 0 Å². The van der Waals surface area contributed by atoms with Gasteiger partial charge in [0.15, 0.2) is 0 Å². The van der Waals surface area contributed by atoms with Gasteiger partial charge in [0.05, 0.1) is 4.92 Å². The number of benzene rings is 1. The maximum absolute atomic E-state index is 11.0. The van der Waals surface area contributed by atoms with Crippen LogP contribution in [0.25, 0.3) is 0 Å². The zero-order valence-electron chi connectivity index (χ0n) is 12.8. The first-order chi connectivity index (χ1) is 9.82. The van der Waals surface area contributed by atoms with Crippen LogP contribution in [-0.4, -0.2) is 18.0 Å². The van der Waals surface area contributed by atoms with E-state index in [1.165, 1.54) is 6.07 Å². The second-order valence-electron chi connectivity index (χ2n) is 6.70. The van der Waals surface area contributed by atoms with Crippen molar-refractivity contribution in [2.75, 3.05) is 18.0 Å². The molecule has 5 nitrogen and oxygen atoms in total. The van der Waals surface area contributed by atoms with Crippen LogP contribution in [0.1, 0.15) is 39.2 Å². The number of anilines is 1. The second-order valence-corrected chi connectivity index (χ2v) is 6.70. The van der Waals surface area contributed by atoms with Crippen molar-refractivity contribution in [1.82, 2.24) is 0 Å². The fourth-order valence-electron chi connectivity index (χ4n) is 2.97. The van der Waals surface area contributed by atoms with Crippen molar-refractivity contribution >= 4 is 11.4 Å². The van der Waals surface area contributed by atoms with Gasteiger partial charge in [-0.2, -0.15) is 5.26 Å². The van der Waals surface area contributed by atoms with Crippen LogP contribution in [0.5, 0.6) is 0 Å². The van der Waals surface area contributed by atoms with Gasteiger partial charge in [-0.25, -0.2) is 0 Å². The van der Waals surface area contributed by atoms with Crippen LogP contribution in [-0.2, 0) is 0 Å². The summed E-state index contributed by atoms with van der Waals surface area (Å²) in [5, 5.41) is 20.0. The van der Waals surface area contributed by atoms with Crippen LogP contribution in [0.2, 0.25) is 0 Å². The zero-order chi connectivity index (χ0) is 15.6. The number of hydrogen-bond acceptors (Lipinski definition) is 4. The standard InChI is InChI=1S/C16H21N3O2/c1-16(2,3)13-6-8-18(9-7-13)14-5-4-12(11-17)15(10-14)19(20)21/h4-5,10,13H,6-9H2,1-3H3. The van der Waals surface area contributed by atoms with Crippen LogP contribution < -0.4 is 4.90 Å². The molecule has 0 unspecified atom stereocenters. The third-order valence-corrected chi connectivity index (χ3v) is 4.38. The molecule has 0 amide bonds. The van der Waals surface area contributed by atoms with E-state index in [-0.39, 0.29) is 11.3 Å². The Labute approximate surface area is 125 Å². The van der Waals surface area contributed by atoms with Crippen molar-refractivity contribution in [2.24, 2.45) is 11.3 Å². The molecule has 0 saturated carbocycles. The predicted octanol–water partition coefficient (Wildman–Crippen LogP) is 3.73. The Morgan fingerprint density at radius 3 is 2.43 bits per heavy atom. The van der Waals surface area contributed by atoms with E-state index in [0.29, 0.717) is 11.3 Å². The van der Waals surface area contributed by atoms with Crippen LogP contribution >= 0.6 is 0 Å². The van der Waals surface area contributed by atoms with Gasteiger partial charge in [-0.05, 0) is 36.3 Å². The average molecular weight is 287 g/mol. The topological polar surface area (TPSA) is 70.2 Å². The first-order valence-electron chi connectivity index (χ1n) is 7.26. The molecular weight excluding hydrogens is 266 g/mol. The molecule has 0 spiro atoms. The van der Waals surface area contributed by atoms with E-state index in [1.807, 2.05) is 12.1 Å². The molecule has 0 N–H and O–H groups in total. The van der Waals surface area contributed by atoms with E-state index >= 15 is 0 Å². The van der Waals surface area contributed by atoms with Gasteiger partial charge in [0, 0.05) is 24.8 Å². The van der Waals surface area contributed by atoms with Crippen molar-refractivity contribution in [3.05, 3.63) is 33.9 Å². The van der Waals surface area contributed by atoms with Gasteiger partial charge in [-0.3, -0.25) is 10.1 Å². The summed E-state index contributed by atoms with van der Waals surface area (Å²) in [4.78, 5) is 12.7. The number of nitrogens with zero attached hydrogens (tertiary/aromatic N) is 3. The predicted molar refractivity (Wildman–Crippen MR) is 82.2 cm³/mol. The molecule has 21 heavy (non-hydrogen) atoms. The molecule has 0 radical (unpaired) electrons. The summed E-state index contributed by atoms with van der Waals surface area (Å²) < 4.78 is 0. The minimum atomic E-state index is -0.482. The lowest BCUT2D eigenvalue weighted by atomic mass is 9.75. The van der Waals surface area contributed by atoms with Gasteiger partial charge in [-0.1, -0.05) is 20.8 Å². The minimum Gasteiger partial charge on any atom is -0.371 e. The number of piperidine rings is 1. The quantitative estimate of drug-likeness (QED) is 0.614. The number of nitriles is 1. The summed E-state index contributed by atoms with van der Waals surface area (Å²) in [6.45, 7) is 8.61. The fourth-order valence-corrected chi connectivity index (χ4v) is 2.97. The Hall–Kier alpha value is -2.09. The van der Waals surface area contributed by atoms with Gasteiger partial charge in [0.1, 0.15) is 11.6 Å². The van der Waals surface area contributed by atoms with Crippen LogP contribution in [0.4, 0.5) is 11.4 Å². The Morgan fingerprint density at radius 1 is 1.33 bits per heavy atom. The van der Waals surface area contributed by atoms with Crippen molar-refractivity contribution in [1.29, 1.82) is 5.26 Å². The van der Waals surface area contributed by atoms with E-state index in [4.69, 9.17) is 5.26 Å². The largest absolute Gasteiger partial charge is 0.371 e. The molecule has 0 atom stereocenters. The molecule has 112 valence electrons. The van der Waals surface area contributed by atoms with Crippen molar-refractivity contribution < 1.29 is 4.92 Å². The first kappa shape index (κ1) is 15.3. The first-order valence-corrected chi connectivity index (χ1v) is 7.26. The Bertz CT molecular complexity index is 576. The van der Waals surface area contributed by atoms with E-state index in [0.717, 1.165) is 31.6 Å². The molecule has 0 bridgehead atoms. The lowest BCUT2D eigenvalue weighted by Gasteiger charge is -2.39. The van der Waals surface area contributed by atoms with Gasteiger partial charge >= 0.3 is 0 Å². The smallest absolute Gasteiger partial charge is 0.289 e. The molecule has 1 aliphatic heterocycles. The summed E-state index contributed by atoms with van der Waals surface area (Å²) in [5.41, 5.74) is 1.16. The third kappa shape index (κ3) is 3.33. The highest BCUT2D eigenvalue weighted by atomic mass is 16.6. The molecule has 2 rings (SSSR count). The normalized spacial score (nSPS) is 16.6. The van der Waals surface area contributed by atoms with Crippen LogP contribution in [0, 0.1) is 32.8 Å². The van der Waals surface area contributed by atoms with E-state index in [1.54, 1.807) is 6.07 Å². The minimum absolute atomic E-state index is 0.104. The number of rotatable bonds is 2. The van der Waals surface area contributed by atoms with Crippen molar-refractivity contribution in [2.45, 2.75) is 33.6 Å². The molecule has 1 heterocycles. The molecular formula is C16H21N3O2. The van der Waals surface area contributed by atoms with Gasteiger partial charge in [-0.15, -0.1) is 0 Å². The zero-order valence-corrected chi connectivity index (χ0v) is 12.8. The Morgan fingerprint density at radius 2 is 1.95 bits per heavy atom. The monoisotopic (exact) mass is 287 g/mol. The number of hydrogen-bond donors (Lipinski definition) is 0. The highest BCUT2D eigenvalue weighted by molar-refractivity contribution is 5.60. The summed E-state index contributed by atoms with van der Waals surface area (Å²) in [6.07, 6.45) is 2.19. The highest BCUT2D eigenvalue weighted by Gasteiger charge is 2.29. The lowest BCUT2D eigenvalue weighted by molar-refractivity contribution is -0.385. The molecule has 0 aliphatic carbocycles. The molecule has 1 aromatic carbocycles. The molecule has 0 aromatic heterocycles. The van der Waals surface area contributed by atoms with Crippen LogP contribution in [0.3, 0.4) is 0 Å². The van der Waals surface area contributed by atoms with Gasteiger partial charge in [0.25, 0.3) is 5.69 Å². The summed E-state index contributed by atoms with van der Waals surface area (Å²) in [5.74, 6) is 0.683. The second kappa shape index (κ2) is 5.72. The Kier molecular flexibility index (Phi) is 4.17. The molecule has 1 aromatic rings. The molecule has 1 fully saturated rings. The van der Waals surface area contributed by atoms with E-state index in [2.05, 4.69) is 25.7 Å². The molecule has 5 heteroatoms. The maximum atomic E-state index is 11.0. The summed E-state index contributed by atoms with van der Waals surface area (Å²) in [6, 6.07) is 6.75. The Balaban J connectivity index is 2.16. The molecule has 1 aliphatic rings. The van der Waals surface area contributed by atoms with Gasteiger partial charge < -0.3 is 4.90 Å². The van der Waals surface area contributed by atoms with E-state index < -0.39 is 4.92 Å². The summed E-state index contributed by atoms with van der Waals surface area (Å²) >= 11 is 0. The average Bonchev–Trinajstić information content (AvgIpc) is 2.45. The van der Waals surface area contributed by atoms with Crippen molar-refractivity contribution in [3.8, 4) is 6.07 Å². The SMILES string of the molecule is CC(C)(C)C1CCN(c2ccc(C#N)c([N+](=O)[O-])c2)CC1. The highest BCUT2D eigenvalue weighted by Crippen LogP contribution is 2.36. The number of nitro groups is 1.